The molecule has 3 rings (SSSR count). The summed E-state index contributed by atoms with van der Waals surface area (Å²) in [6, 6.07) is 6.71. The molecule has 0 aliphatic rings. The first-order valence-electron chi connectivity index (χ1n) is 8.44. The monoisotopic (exact) mass is 373 g/mol. The molecular weight excluding hydrogens is 355 g/mol. The summed E-state index contributed by atoms with van der Waals surface area (Å²) < 4.78 is 41.4. The van der Waals surface area contributed by atoms with Crippen LogP contribution in [0, 0.1) is 17.5 Å². The van der Waals surface area contributed by atoms with Crippen molar-refractivity contribution in [2.24, 2.45) is 0 Å². The van der Waals surface area contributed by atoms with Gasteiger partial charge >= 0.3 is 0 Å². The van der Waals surface area contributed by atoms with Gasteiger partial charge in [0, 0.05) is 30.1 Å². The lowest BCUT2D eigenvalue weighted by Crippen LogP contribution is -2.16. The average Bonchev–Trinajstić information content (AvgIpc) is 2.68. The van der Waals surface area contributed by atoms with Crippen LogP contribution in [0.25, 0.3) is 11.3 Å². The number of anilines is 3. The van der Waals surface area contributed by atoms with E-state index in [9.17, 15) is 13.2 Å². The summed E-state index contributed by atoms with van der Waals surface area (Å²) in [5, 5.41) is 5.66. The molecule has 2 N–H and O–H groups in total. The second-order valence-corrected chi connectivity index (χ2v) is 5.99. The summed E-state index contributed by atoms with van der Waals surface area (Å²) in [5.41, 5.74) is 0.671. The van der Waals surface area contributed by atoms with Crippen molar-refractivity contribution < 1.29 is 13.2 Å². The number of hydrogen-bond donors (Lipinski definition) is 2. The van der Waals surface area contributed by atoms with E-state index < -0.39 is 23.1 Å². The molecule has 0 amide bonds. The van der Waals surface area contributed by atoms with Crippen molar-refractivity contribution >= 4 is 17.5 Å². The molecule has 0 spiro atoms. The molecule has 0 radical (unpaired) electrons. The molecule has 140 valence electrons. The smallest absolute Gasteiger partial charge is 0.225 e. The zero-order valence-electron chi connectivity index (χ0n) is 14.8. The van der Waals surface area contributed by atoms with Crippen molar-refractivity contribution in [3.63, 3.8) is 0 Å². The molecule has 0 saturated carbocycles. The summed E-state index contributed by atoms with van der Waals surface area (Å²) in [7, 11) is 0. The fourth-order valence-electron chi connectivity index (χ4n) is 2.34. The summed E-state index contributed by atoms with van der Waals surface area (Å²) in [5.74, 6) is -2.96. The van der Waals surface area contributed by atoms with Crippen LogP contribution in [0.1, 0.15) is 20.3 Å². The summed E-state index contributed by atoms with van der Waals surface area (Å²) >= 11 is 0. The highest BCUT2D eigenvalue weighted by atomic mass is 19.2. The largest absolute Gasteiger partial charge is 0.352 e. The van der Waals surface area contributed by atoms with E-state index in [1.54, 1.807) is 24.5 Å². The number of nitrogens with one attached hydrogen (secondary N) is 2. The van der Waals surface area contributed by atoms with Gasteiger partial charge in [-0.15, -0.1) is 0 Å². The number of hydrogen-bond acceptors (Lipinski definition) is 5. The number of rotatable bonds is 6. The first-order valence-corrected chi connectivity index (χ1v) is 8.44. The van der Waals surface area contributed by atoms with Crippen molar-refractivity contribution in [1.29, 1.82) is 0 Å². The third-order valence-corrected chi connectivity index (χ3v) is 3.99. The number of nitrogens with zero attached hydrogens (tertiary/aromatic N) is 3. The van der Waals surface area contributed by atoms with Crippen molar-refractivity contribution in [2.75, 3.05) is 10.6 Å². The molecule has 8 heteroatoms. The number of halogens is 3. The van der Waals surface area contributed by atoms with Gasteiger partial charge in [-0.2, -0.15) is 4.98 Å². The number of pyridine rings is 1. The summed E-state index contributed by atoms with van der Waals surface area (Å²) in [6.07, 6.45) is 4.05. The maximum Gasteiger partial charge on any atom is 0.225 e. The maximum absolute atomic E-state index is 14.0. The first kappa shape index (κ1) is 18.6. The van der Waals surface area contributed by atoms with Gasteiger partial charge in [-0.3, -0.25) is 4.98 Å². The molecule has 2 aromatic heterocycles. The predicted octanol–water partition coefficient (Wildman–Crippen LogP) is 4.91. The normalized spacial score (nSPS) is 11.9. The van der Waals surface area contributed by atoms with Crippen LogP contribution in [0.4, 0.5) is 30.6 Å². The molecule has 1 aromatic carbocycles. The molecule has 0 saturated heterocycles. The Balaban J connectivity index is 2.04. The summed E-state index contributed by atoms with van der Waals surface area (Å²) in [6.45, 7) is 3.96. The molecule has 0 fully saturated rings. The molecule has 0 aliphatic heterocycles. The van der Waals surface area contributed by atoms with E-state index in [1.165, 1.54) is 6.07 Å². The predicted molar refractivity (Wildman–Crippen MR) is 98.2 cm³/mol. The lowest BCUT2D eigenvalue weighted by atomic mass is 10.2. The third kappa shape index (κ3) is 4.33. The van der Waals surface area contributed by atoms with Gasteiger partial charge < -0.3 is 10.6 Å². The Labute approximate surface area is 154 Å². The van der Waals surface area contributed by atoms with Gasteiger partial charge in [0.15, 0.2) is 11.6 Å². The molecule has 2 heterocycles. The van der Waals surface area contributed by atoms with Gasteiger partial charge in [0.2, 0.25) is 5.95 Å². The van der Waals surface area contributed by atoms with E-state index in [0.29, 0.717) is 11.6 Å². The lowest BCUT2D eigenvalue weighted by molar-refractivity contribution is 0.499. The Bertz CT molecular complexity index is 934. The molecule has 0 aliphatic carbocycles. The van der Waals surface area contributed by atoms with Gasteiger partial charge in [0.25, 0.3) is 0 Å². The first-order chi connectivity index (χ1) is 13.0. The average molecular weight is 373 g/mol. The molecule has 1 atom stereocenters. The van der Waals surface area contributed by atoms with E-state index in [2.05, 4.69) is 25.6 Å². The quantitative estimate of drug-likeness (QED) is 0.601. The molecule has 0 bridgehead atoms. The highest BCUT2D eigenvalue weighted by molar-refractivity contribution is 5.67. The van der Waals surface area contributed by atoms with Crippen LogP contribution in [0.3, 0.4) is 0 Å². The summed E-state index contributed by atoms with van der Waals surface area (Å²) in [4.78, 5) is 12.7. The molecule has 0 unspecified atom stereocenters. The lowest BCUT2D eigenvalue weighted by Gasteiger charge is -2.15. The van der Waals surface area contributed by atoms with Crippen LogP contribution in [0.15, 0.2) is 42.7 Å². The van der Waals surface area contributed by atoms with E-state index in [4.69, 9.17) is 0 Å². The molecule has 5 nitrogen and oxygen atoms in total. The SMILES string of the molecule is CC[C@H](C)Nc1nc(Nc2c(F)ccc(F)c2F)cc(-c2ccncc2)n1. The third-order valence-electron chi connectivity index (χ3n) is 3.99. The molecular formula is C19H18F3N5. The zero-order valence-corrected chi connectivity index (χ0v) is 14.8. The highest BCUT2D eigenvalue weighted by Crippen LogP contribution is 2.27. The van der Waals surface area contributed by atoms with Crippen LogP contribution < -0.4 is 10.6 Å². The molecule has 3 aromatic rings. The Morgan fingerprint density at radius 2 is 1.70 bits per heavy atom. The van der Waals surface area contributed by atoms with Gasteiger partial charge in [0.1, 0.15) is 17.3 Å². The maximum atomic E-state index is 14.0. The van der Waals surface area contributed by atoms with Crippen molar-refractivity contribution in [1.82, 2.24) is 15.0 Å². The van der Waals surface area contributed by atoms with Crippen LogP contribution in [-0.2, 0) is 0 Å². The van der Waals surface area contributed by atoms with Gasteiger partial charge in [0.05, 0.1) is 5.69 Å². The Morgan fingerprint density at radius 3 is 2.41 bits per heavy atom. The number of aromatic nitrogens is 3. The fourth-order valence-corrected chi connectivity index (χ4v) is 2.34. The van der Waals surface area contributed by atoms with E-state index in [-0.39, 0.29) is 11.9 Å². The fraction of sp³-hybridized carbons (Fsp3) is 0.211. The second kappa shape index (κ2) is 8.03. The Morgan fingerprint density at radius 1 is 1.00 bits per heavy atom. The van der Waals surface area contributed by atoms with Crippen molar-refractivity contribution in [3.05, 3.63) is 60.2 Å². The van der Waals surface area contributed by atoms with E-state index in [1.807, 2.05) is 13.8 Å². The minimum Gasteiger partial charge on any atom is -0.352 e. The van der Waals surface area contributed by atoms with Crippen molar-refractivity contribution in [3.8, 4) is 11.3 Å². The second-order valence-electron chi connectivity index (χ2n) is 5.99. The number of benzene rings is 1. The molecule has 27 heavy (non-hydrogen) atoms. The van der Waals surface area contributed by atoms with E-state index in [0.717, 1.165) is 24.1 Å². The zero-order chi connectivity index (χ0) is 19.4. The van der Waals surface area contributed by atoms with Crippen molar-refractivity contribution in [2.45, 2.75) is 26.3 Å². The van der Waals surface area contributed by atoms with Gasteiger partial charge in [-0.25, -0.2) is 18.2 Å². The Hall–Kier alpha value is -3.16. The topological polar surface area (TPSA) is 62.7 Å². The van der Waals surface area contributed by atoms with Crippen LogP contribution in [-0.4, -0.2) is 21.0 Å². The van der Waals surface area contributed by atoms with E-state index >= 15 is 0 Å². The van der Waals surface area contributed by atoms with Crippen LogP contribution in [0.2, 0.25) is 0 Å². The van der Waals surface area contributed by atoms with Crippen LogP contribution >= 0.6 is 0 Å². The minimum absolute atomic E-state index is 0.0909. The van der Waals surface area contributed by atoms with Crippen LogP contribution in [0.5, 0.6) is 0 Å². The highest BCUT2D eigenvalue weighted by Gasteiger charge is 2.16. The Kier molecular flexibility index (Phi) is 5.54. The van der Waals surface area contributed by atoms with Gasteiger partial charge in [-0.05, 0) is 37.6 Å². The standard InChI is InChI=1S/C19H18F3N5/c1-3-11(2)24-19-25-15(12-6-8-23-9-7-12)10-16(27-19)26-18-14(21)5-4-13(20)17(18)22/h4-11H,3H2,1-2H3,(H2,24,25,26,27)/t11-/m0/s1. The van der Waals surface area contributed by atoms with Gasteiger partial charge in [-0.1, -0.05) is 6.92 Å². The minimum atomic E-state index is -1.31.